The molecule has 3 rings (SSSR count). The Kier molecular flexibility index (Phi) is 5.02. The molecule has 122 valence electrons. The van der Waals surface area contributed by atoms with Crippen LogP contribution >= 0.6 is 0 Å². The van der Waals surface area contributed by atoms with E-state index >= 15 is 0 Å². The number of carbonyl (C=O) groups is 1. The lowest BCUT2D eigenvalue weighted by atomic mass is 10.00. The first-order valence-electron chi connectivity index (χ1n) is 7.65. The minimum atomic E-state index is -0.322. The van der Waals surface area contributed by atoms with Crippen molar-refractivity contribution < 1.29 is 23.2 Å². The standard InChI is InChI=1S/C17H18FNO4/c18-13-2-4-14(5-3-13)22-11-15-9-16(19-23-15)17(20)6-1-12-7-8-21-10-12/h2-5,9,12H,1,6-8,10-11H2. The third-order valence-corrected chi connectivity index (χ3v) is 3.84. The van der Waals surface area contributed by atoms with Crippen molar-refractivity contribution in [3.05, 3.63) is 47.6 Å². The van der Waals surface area contributed by atoms with Gasteiger partial charge in [-0.25, -0.2) is 4.39 Å². The normalized spacial score (nSPS) is 17.3. The van der Waals surface area contributed by atoms with Gasteiger partial charge in [-0.1, -0.05) is 5.16 Å². The summed E-state index contributed by atoms with van der Waals surface area (Å²) in [7, 11) is 0. The monoisotopic (exact) mass is 319 g/mol. The Bertz CT molecular complexity index is 647. The highest BCUT2D eigenvalue weighted by Crippen LogP contribution is 2.20. The van der Waals surface area contributed by atoms with E-state index < -0.39 is 0 Å². The van der Waals surface area contributed by atoms with E-state index in [1.807, 2.05) is 0 Å². The fourth-order valence-corrected chi connectivity index (χ4v) is 2.47. The summed E-state index contributed by atoms with van der Waals surface area (Å²) in [5.41, 5.74) is 0.321. The second-order valence-electron chi connectivity index (χ2n) is 5.61. The third-order valence-electron chi connectivity index (χ3n) is 3.84. The predicted octanol–water partition coefficient (Wildman–Crippen LogP) is 3.39. The maximum atomic E-state index is 12.8. The van der Waals surface area contributed by atoms with Crippen molar-refractivity contribution >= 4 is 5.78 Å². The summed E-state index contributed by atoms with van der Waals surface area (Å²) in [6, 6.07) is 7.29. The molecule has 1 aromatic carbocycles. The minimum absolute atomic E-state index is 0.0336. The van der Waals surface area contributed by atoms with Crippen LogP contribution in [0, 0.1) is 11.7 Å². The van der Waals surface area contributed by atoms with E-state index in [0.717, 1.165) is 26.1 Å². The molecule has 2 aromatic rings. The molecule has 0 amide bonds. The van der Waals surface area contributed by atoms with E-state index in [0.29, 0.717) is 29.5 Å². The van der Waals surface area contributed by atoms with Gasteiger partial charge in [-0.3, -0.25) is 4.79 Å². The van der Waals surface area contributed by atoms with Crippen LogP contribution in [0.15, 0.2) is 34.9 Å². The van der Waals surface area contributed by atoms with Gasteiger partial charge >= 0.3 is 0 Å². The third kappa shape index (κ3) is 4.39. The van der Waals surface area contributed by atoms with Crippen LogP contribution in [0.5, 0.6) is 5.75 Å². The number of carbonyl (C=O) groups excluding carboxylic acids is 1. The zero-order valence-electron chi connectivity index (χ0n) is 12.7. The Hall–Kier alpha value is -2.21. The van der Waals surface area contributed by atoms with Crippen LogP contribution in [-0.2, 0) is 11.3 Å². The molecule has 0 radical (unpaired) electrons. The number of halogens is 1. The van der Waals surface area contributed by atoms with Crippen LogP contribution in [-0.4, -0.2) is 24.2 Å². The first-order chi connectivity index (χ1) is 11.2. The van der Waals surface area contributed by atoms with Crippen molar-refractivity contribution in [3.8, 4) is 5.75 Å². The highest BCUT2D eigenvalue weighted by molar-refractivity contribution is 5.94. The molecule has 2 heterocycles. The molecule has 0 bridgehead atoms. The predicted molar refractivity (Wildman–Crippen MR) is 79.7 cm³/mol. The van der Waals surface area contributed by atoms with Gasteiger partial charge < -0.3 is 14.0 Å². The lowest BCUT2D eigenvalue weighted by molar-refractivity contribution is 0.0962. The van der Waals surface area contributed by atoms with Gasteiger partial charge in [0.05, 0.1) is 0 Å². The van der Waals surface area contributed by atoms with E-state index in [1.54, 1.807) is 6.07 Å². The quantitative estimate of drug-likeness (QED) is 0.732. The molecule has 0 N–H and O–H groups in total. The highest BCUT2D eigenvalue weighted by atomic mass is 19.1. The molecule has 1 saturated heterocycles. The number of nitrogens with zero attached hydrogens (tertiary/aromatic N) is 1. The molecule has 0 saturated carbocycles. The lowest BCUT2D eigenvalue weighted by Gasteiger charge is -2.04. The van der Waals surface area contributed by atoms with E-state index in [9.17, 15) is 9.18 Å². The zero-order valence-corrected chi connectivity index (χ0v) is 12.7. The van der Waals surface area contributed by atoms with Crippen molar-refractivity contribution in [2.24, 2.45) is 5.92 Å². The van der Waals surface area contributed by atoms with Gasteiger partial charge in [-0.15, -0.1) is 0 Å². The summed E-state index contributed by atoms with van der Waals surface area (Å²) in [4.78, 5) is 12.1. The molecule has 5 nitrogen and oxygen atoms in total. The molecular formula is C17H18FNO4. The van der Waals surface area contributed by atoms with E-state index in [4.69, 9.17) is 14.0 Å². The summed E-state index contributed by atoms with van der Waals surface area (Å²) >= 11 is 0. The van der Waals surface area contributed by atoms with Gasteiger partial charge in [-0.2, -0.15) is 0 Å². The Morgan fingerprint density at radius 3 is 2.91 bits per heavy atom. The summed E-state index contributed by atoms with van der Waals surface area (Å²) in [5.74, 6) is 1.09. The molecule has 1 aliphatic rings. The molecule has 0 spiro atoms. The number of benzene rings is 1. The molecule has 1 unspecified atom stereocenters. The molecule has 1 aromatic heterocycles. The SMILES string of the molecule is O=C(CCC1CCOC1)c1cc(COc2ccc(F)cc2)on1. The van der Waals surface area contributed by atoms with Gasteiger partial charge in [0.1, 0.15) is 23.9 Å². The van der Waals surface area contributed by atoms with E-state index in [-0.39, 0.29) is 18.2 Å². The smallest absolute Gasteiger partial charge is 0.184 e. The number of hydrogen-bond acceptors (Lipinski definition) is 5. The minimum Gasteiger partial charge on any atom is -0.486 e. The second kappa shape index (κ2) is 7.37. The summed E-state index contributed by atoms with van der Waals surface area (Å²) < 4.78 is 28.7. The first-order valence-corrected chi connectivity index (χ1v) is 7.65. The van der Waals surface area contributed by atoms with Crippen molar-refractivity contribution in [1.29, 1.82) is 0 Å². The second-order valence-corrected chi connectivity index (χ2v) is 5.61. The molecule has 0 aliphatic carbocycles. The lowest BCUT2D eigenvalue weighted by Crippen LogP contribution is -2.05. The molecule has 1 atom stereocenters. The average Bonchev–Trinajstić information content (AvgIpc) is 3.24. The van der Waals surface area contributed by atoms with Crippen molar-refractivity contribution in [2.75, 3.05) is 13.2 Å². The first kappa shape index (κ1) is 15.7. The van der Waals surface area contributed by atoms with E-state index in [2.05, 4.69) is 5.16 Å². The zero-order chi connectivity index (χ0) is 16.1. The van der Waals surface area contributed by atoms with Crippen LogP contribution in [0.25, 0.3) is 0 Å². The van der Waals surface area contributed by atoms with Crippen LogP contribution in [0.1, 0.15) is 35.5 Å². The van der Waals surface area contributed by atoms with Gasteiger partial charge in [0, 0.05) is 25.7 Å². The Morgan fingerprint density at radius 2 is 2.17 bits per heavy atom. The molecule has 1 fully saturated rings. The van der Waals surface area contributed by atoms with Crippen LogP contribution < -0.4 is 4.74 Å². The Balaban J connectivity index is 1.48. The number of rotatable bonds is 7. The highest BCUT2D eigenvalue weighted by Gasteiger charge is 2.19. The Labute approximate surface area is 133 Å². The fourth-order valence-electron chi connectivity index (χ4n) is 2.47. The summed E-state index contributed by atoms with van der Waals surface area (Å²) in [6.45, 7) is 1.67. The number of Topliss-reactive ketones (excluding diaryl/α,β-unsaturated/α-hetero) is 1. The largest absolute Gasteiger partial charge is 0.486 e. The van der Waals surface area contributed by atoms with Gasteiger partial charge in [0.25, 0.3) is 0 Å². The summed E-state index contributed by atoms with van der Waals surface area (Å²) in [5, 5.41) is 3.79. The van der Waals surface area contributed by atoms with E-state index in [1.165, 1.54) is 24.3 Å². The maximum absolute atomic E-state index is 12.8. The van der Waals surface area contributed by atoms with Crippen LogP contribution in [0.4, 0.5) is 4.39 Å². The number of hydrogen-bond donors (Lipinski definition) is 0. The number of aromatic nitrogens is 1. The summed E-state index contributed by atoms with van der Waals surface area (Å²) in [6.07, 6.45) is 2.27. The number of ketones is 1. The van der Waals surface area contributed by atoms with Crippen molar-refractivity contribution in [1.82, 2.24) is 5.16 Å². The van der Waals surface area contributed by atoms with Crippen molar-refractivity contribution in [3.63, 3.8) is 0 Å². The molecular weight excluding hydrogens is 301 g/mol. The molecule has 23 heavy (non-hydrogen) atoms. The van der Waals surface area contributed by atoms with Gasteiger partial charge in [0.15, 0.2) is 11.5 Å². The topological polar surface area (TPSA) is 61.6 Å². The van der Waals surface area contributed by atoms with Gasteiger partial charge in [-0.05, 0) is 43.0 Å². The van der Waals surface area contributed by atoms with Crippen LogP contribution in [0.2, 0.25) is 0 Å². The Morgan fingerprint density at radius 1 is 1.35 bits per heavy atom. The van der Waals surface area contributed by atoms with Gasteiger partial charge in [0.2, 0.25) is 0 Å². The maximum Gasteiger partial charge on any atom is 0.184 e. The van der Waals surface area contributed by atoms with Crippen LogP contribution in [0.3, 0.4) is 0 Å². The average molecular weight is 319 g/mol. The van der Waals surface area contributed by atoms with Crippen molar-refractivity contribution in [2.45, 2.75) is 25.9 Å². The number of ether oxygens (including phenoxy) is 2. The fraction of sp³-hybridized carbons (Fsp3) is 0.412. The molecule has 1 aliphatic heterocycles. The molecule has 6 heteroatoms.